The zero-order chi connectivity index (χ0) is 23.8. The summed E-state index contributed by atoms with van der Waals surface area (Å²) in [6, 6.07) is 15.3. The first-order chi connectivity index (χ1) is 16.4. The molecule has 2 fully saturated rings. The normalized spacial score (nSPS) is 23.1. The van der Waals surface area contributed by atoms with Crippen molar-refractivity contribution in [3.8, 4) is 0 Å². The van der Waals surface area contributed by atoms with Gasteiger partial charge in [-0.25, -0.2) is 9.79 Å². The summed E-state index contributed by atoms with van der Waals surface area (Å²) in [4.78, 5) is 38.3. The van der Waals surface area contributed by atoms with E-state index in [1.165, 1.54) is 16.0 Å². The Morgan fingerprint density at radius 3 is 2.44 bits per heavy atom. The number of aryl methyl sites for hydroxylation is 1. The number of nitrogens with zero attached hydrogens (tertiary/aromatic N) is 5. The van der Waals surface area contributed by atoms with E-state index in [1.54, 1.807) is 7.05 Å². The van der Waals surface area contributed by atoms with Gasteiger partial charge in [0.2, 0.25) is 0 Å². The smallest absolute Gasteiger partial charge is 0.325 e. The molecule has 3 aliphatic heterocycles. The maximum atomic E-state index is 12.9. The Kier molecular flexibility index (Phi) is 6.18. The summed E-state index contributed by atoms with van der Waals surface area (Å²) in [6.45, 7) is 6.86. The number of benzene rings is 2. The molecule has 8 nitrogen and oxygen atoms in total. The minimum absolute atomic E-state index is 0.291. The summed E-state index contributed by atoms with van der Waals surface area (Å²) in [5.74, 6) is 0.500. The van der Waals surface area contributed by atoms with Gasteiger partial charge in [0, 0.05) is 51.3 Å². The molecule has 2 unspecified atom stereocenters. The molecule has 9 heteroatoms. The number of rotatable bonds is 4. The number of imide groups is 1. The van der Waals surface area contributed by atoms with Gasteiger partial charge in [0.05, 0.1) is 0 Å². The number of likely N-dealkylation sites (N-methyl/N-ethyl adjacent to an activating group) is 1. The summed E-state index contributed by atoms with van der Waals surface area (Å²) in [7, 11) is 1.70. The van der Waals surface area contributed by atoms with Crippen LogP contribution in [0.1, 0.15) is 16.7 Å². The third-order valence-corrected chi connectivity index (χ3v) is 7.00. The van der Waals surface area contributed by atoms with Crippen LogP contribution in [-0.4, -0.2) is 82.9 Å². The Morgan fingerprint density at radius 1 is 1.00 bits per heavy atom. The highest BCUT2D eigenvalue weighted by Gasteiger charge is 2.49. The van der Waals surface area contributed by atoms with Crippen LogP contribution in [0.5, 0.6) is 0 Å². The molecular formula is C25H29ClN6O2. The van der Waals surface area contributed by atoms with E-state index in [-0.39, 0.29) is 5.91 Å². The van der Waals surface area contributed by atoms with Crippen molar-refractivity contribution in [1.29, 1.82) is 0 Å². The second-order valence-electron chi connectivity index (χ2n) is 9.20. The Bertz CT molecular complexity index is 1110. The lowest BCUT2D eigenvalue weighted by molar-refractivity contribution is -0.127. The Morgan fingerprint density at radius 2 is 1.74 bits per heavy atom. The molecule has 2 aromatic rings. The number of halogens is 1. The molecule has 5 rings (SSSR count). The van der Waals surface area contributed by atoms with Gasteiger partial charge >= 0.3 is 6.03 Å². The fraction of sp³-hybridized carbons (Fsp3) is 0.400. The van der Waals surface area contributed by atoms with Crippen molar-refractivity contribution in [2.75, 3.05) is 33.2 Å². The number of amides is 3. The predicted octanol–water partition coefficient (Wildman–Crippen LogP) is 2.51. The number of fused-ring (bicyclic) bond motifs is 1. The van der Waals surface area contributed by atoms with E-state index in [0.29, 0.717) is 6.54 Å². The third kappa shape index (κ3) is 4.48. The first-order valence-electron chi connectivity index (χ1n) is 11.6. The first kappa shape index (κ1) is 22.7. The molecule has 2 atom stereocenters. The lowest BCUT2D eigenvalue weighted by Crippen LogP contribution is -2.64. The number of nitrogens with one attached hydrogen (secondary N) is 1. The molecule has 0 saturated carbocycles. The summed E-state index contributed by atoms with van der Waals surface area (Å²) < 4.78 is 0. The fourth-order valence-corrected chi connectivity index (χ4v) is 5.03. The van der Waals surface area contributed by atoms with E-state index in [2.05, 4.69) is 57.3 Å². The number of hydrogen-bond acceptors (Lipinski definition) is 6. The number of aliphatic imine (C=N–C) groups is 1. The Balaban J connectivity index is 1.34. The predicted molar refractivity (Wildman–Crippen MR) is 131 cm³/mol. The average Bonchev–Trinajstić information content (AvgIpc) is 3.19. The van der Waals surface area contributed by atoms with Gasteiger partial charge < -0.3 is 14.7 Å². The summed E-state index contributed by atoms with van der Waals surface area (Å²) in [5.41, 5.74) is 3.52. The van der Waals surface area contributed by atoms with Crippen molar-refractivity contribution in [2.45, 2.75) is 32.2 Å². The molecule has 0 aromatic heterocycles. The fourth-order valence-electron chi connectivity index (χ4n) is 4.90. The lowest BCUT2D eigenvalue weighted by atomic mass is 10.1. The van der Waals surface area contributed by atoms with Crippen molar-refractivity contribution in [1.82, 2.24) is 24.9 Å². The molecule has 178 valence electrons. The van der Waals surface area contributed by atoms with Gasteiger partial charge in [-0.2, -0.15) is 0 Å². The average molecular weight is 481 g/mol. The van der Waals surface area contributed by atoms with Crippen LogP contribution in [0, 0.1) is 6.92 Å². The highest BCUT2D eigenvalue weighted by atomic mass is 35.5. The highest BCUT2D eigenvalue weighted by molar-refractivity contribution is 6.30. The van der Waals surface area contributed by atoms with Crippen molar-refractivity contribution in [3.63, 3.8) is 0 Å². The van der Waals surface area contributed by atoms with Crippen LogP contribution in [0.15, 0.2) is 53.5 Å². The molecule has 0 bridgehead atoms. The minimum atomic E-state index is -0.537. The molecule has 0 aliphatic carbocycles. The van der Waals surface area contributed by atoms with Crippen LogP contribution in [0.4, 0.5) is 4.79 Å². The quantitative estimate of drug-likeness (QED) is 0.728. The number of piperazine rings is 1. The summed E-state index contributed by atoms with van der Waals surface area (Å²) in [5, 5.41) is 3.23. The number of carbonyl (C=O) groups is 2. The largest absolute Gasteiger partial charge is 0.340 e. The van der Waals surface area contributed by atoms with Gasteiger partial charge in [-0.15, -0.1) is 0 Å². The highest BCUT2D eigenvalue weighted by Crippen LogP contribution is 2.28. The number of guanidine groups is 1. The van der Waals surface area contributed by atoms with E-state index in [4.69, 9.17) is 16.6 Å². The van der Waals surface area contributed by atoms with Gasteiger partial charge in [-0.1, -0.05) is 53.6 Å². The summed E-state index contributed by atoms with van der Waals surface area (Å²) >= 11 is 6.02. The van der Waals surface area contributed by atoms with Crippen molar-refractivity contribution >= 4 is 29.5 Å². The van der Waals surface area contributed by atoms with Crippen LogP contribution < -0.4 is 5.32 Å². The van der Waals surface area contributed by atoms with Crippen LogP contribution in [0.25, 0.3) is 0 Å². The lowest BCUT2D eigenvalue weighted by Gasteiger charge is -2.40. The maximum Gasteiger partial charge on any atom is 0.325 e. The van der Waals surface area contributed by atoms with E-state index >= 15 is 0 Å². The second kappa shape index (κ2) is 9.27. The first-order valence-corrected chi connectivity index (χ1v) is 12.0. The van der Waals surface area contributed by atoms with Crippen molar-refractivity contribution in [3.05, 3.63) is 70.2 Å². The molecule has 3 aliphatic rings. The molecule has 0 radical (unpaired) electrons. The van der Waals surface area contributed by atoms with Crippen molar-refractivity contribution < 1.29 is 9.59 Å². The standard InChI is InChI=1S/C25H29ClN6O2/c1-17-4-3-5-19(14-17)16-32-21-22(29(2)25(34)28-23(21)33)27-24(32)31-12-10-30(11-13-31)15-18-6-8-20(26)9-7-18/h3-9,14,21-22H,10-13,15-16H2,1-2H3,(H,28,33,34). The van der Waals surface area contributed by atoms with Crippen molar-refractivity contribution in [2.24, 2.45) is 4.99 Å². The molecule has 34 heavy (non-hydrogen) atoms. The van der Waals surface area contributed by atoms with Gasteiger partial charge in [0.1, 0.15) is 0 Å². The van der Waals surface area contributed by atoms with E-state index < -0.39 is 18.2 Å². The molecule has 2 aromatic carbocycles. The van der Waals surface area contributed by atoms with Crippen LogP contribution in [0.3, 0.4) is 0 Å². The second-order valence-corrected chi connectivity index (χ2v) is 9.64. The zero-order valence-electron chi connectivity index (χ0n) is 19.4. The van der Waals surface area contributed by atoms with E-state index in [0.717, 1.165) is 49.3 Å². The minimum Gasteiger partial charge on any atom is -0.340 e. The summed E-state index contributed by atoms with van der Waals surface area (Å²) in [6.07, 6.45) is -0.520. The molecule has 3 heterocycles. The molecule has 0 spiro atoms. The maximum absolute atomic E-state index is 12.9. The molecular weight excluding hydrogens is 452 g/mol. The Hall–Kier alpha value is -3.10. The van der Waals surface area contributed by atoms with Crippen LogP contribution in [0.2, 0.25) is 5.02 Å². The zero-order valence-corrected chi connectivity index (χ0v) is 20.2. The molecule has 1 N–H and O–H groups in total. The van der Waals surface area contributed by atoms with E-state index in [9.17, 15) is 9.59 Å². The third-order valence-electron chi connectivity index (χ3n) is 6.75. The molecule has 3 amide bonds. The monoisotopic (exact) mass is 480 g/mol. The SMILES string of the molecule is Cc1cccc(CN2C(N3CCN(Cc4ccc(Cl)cc4)CC3)=NC3C2C(=O)NC(=O)N3C)c1. The van der Waals surface area contributed by atoms with Gasteiger partial charge in [0.25, 0.3) is 5.91 Å². The number of hydrogen-bond donors (Lipinski definition) is 1. The van der Waals surface area contributed by atoms with Gasteiger partial charge in [0.15, 0.2) is 18.2 Å². The number of urea groups is 1. The topological polar surface area (TPSA) is 71.5 Å². The van der Waals surface area contributed by atoms with Gasteiger partial charge in [-0.05, 0) is 30.2 Å². The van der Waals surface area contributed by atoms with Gasteiger partial charge in [-0.3, -0.25) is 15.0 Å². The van der Waals surface area contributed by atoms with Crippen LogP contribution in [-0.2, 0) is 17.9 Å². The number of carbonyl (C=O) groups excluding carboxylic acids is 2. The van der Waals surface area contributed by atoms with Crippen LogP contribution >= 0.6 is 11.6 Å². The Labute approximate surface area is 204 Å². The van der Waals surface area contributed by atoms with E-state index in [1.807, 2.05) is 18.2 Å². The molecule has 2 saturated heterocycles.